The third-order valence-corrected chi connectivity index (χ3v) is 3.47. The van der Waals surface area contributed by atoms with Gasteiger partial charge in [-0.2, -0.15) is 0 Å². The zero-order chi connectivity index (χ0) is 15.4. The van der Waals surface area contributed by atoms with E-state index in [1.807, 2.05) is 0 Å². The second-order valence-electron chi connectivity index (χ2n) is 4.11. The van der Waals surface area contributed by atoms with Gasteiger partial charge in [-0.15, -0.1) is 0 Å². The fraction of sp³-hybridized carbons (Fsp3) is 0.0769. The molecule has 2 N–H and O–H groups in total. The number of nitro groups is 1. The molecular formula is C13H11N3O4S. The summed E-state index contributed by atoms with van der Waals surface area (Å²) in [6.07, 6.45) is 0. The lowest BCUT2D eigenvalue weighted by Gasteiger charge is -2.06. The number of amides is 2. The number of hydrogen-bond donors (Lipinski definition) is 2. The molecule has 108 valence electrons. The Balaban J connectivity index is 2.11. The van der Waals surface area contributed by atoms with Crippen LogP contribution in [0.2, 0.25) is 0 Å². The lowest BCUT2D eigenvalue weighted by molar-refractivity contribution is -0.380. The molecule has 0 fully saturated rings. The second kappa shape index (κ2) is 6.14. The van der Waals surface area contributed by atoms with Gasteiger partial charge in [0.15, 0.2) is 0 Å². The van der Waals surface area contributed by atoms with Gasteiger partial charge in [0.25, 0.3) is 5.91 Å². The number of anilines is 2. The van der Waals surface area contributed by atoms with E-state index in [9.17, 15) is 19.7 Å². The highest BCUT2D eigenvalue weighted by Crippen LogP contribution is 2.25. The Bertz CT molecular complexity index is 711. The molecule has 1 heterocycles. The van der Waals surface area contributed by atoms with E-state index in [0.29, 0.717) is 11.4 Å². The van der Waals surface area contributed by atoms with Crippen LogP contribution in [0.5, 0.6) is 0 Å². The Hall–Kier alpha value is -2.74. The van der Waals surface area contributed by atoms with E-state index in [0.717, 1.165) is 11.3 Å². The minimum absolute atomic E-state index is 0.0906. The minimum atomic E-state index is -0.543. The van der Waals surface area contributed by atoms with Gasteiger partial charge < -0.3 is 10.6 Å². The Morgan fingerprint density at radius 3 is 2.38 bits per heavy atom. The van der Waals surface area contributed by atoms with E-state index < -0.39 is 10.8 Å². The van der Waals surface area contributed by atoms with Crippen LogP contribution < -0.4 is 10.6 Å². The van der Waals surface area contributed by atoms with Gasteiger partial charge in [-0.25, -0.2) is 0 Å². The number of nitrogens with one attached hydrogen (secondary N) is 2. The number of rotatable bonds is 4. The van der Waals surface area contributed by atoms with Gasteiger partial charge in [0, 0.05) is 24.4 Å². The SMILES string of the molecule is CC(=O)Nc1cccc(NC(=O)c2ccc([N+](=O)[O-])s2)c1. The standard InChI is InChI=1S/C13H11N3O4S/c1-8(17)14-9-3-2-4-10(7-9)15-13(18)11-5-6-12(21-11)16(19)20/h2-7H,1H3,(H,14,17)(H,15,18). The van der Waals surface area contributed by atoms with Crippen molar-refractivity contribution in [3.8, 4) is 0 Å². The average molecular weight is 305 g/mol. The van der Waals surface area contributed by atoms with Crippen LogP contribution in [0, 0.1) is 10.1 Å². The zero-order valence-corrected chi connectivity index (χ0v) is 11.8. The van der Waals surface area contributed by atoms with Crippen molar-refractivity contribution in [2.75, 3.05) is 10.6 Å². The van der Waals surface area contributed by atoms with Crippen molar-refractivity contribution in [3.63, 3.8) is 0 Å². The van der Waals surface area contributed by atoms with Crippen molar-refractivity contribution in [3.05, 3.63) is 51.4 Å². The first kappa shape index (κ1) is 14.7. The monoisotopic (exact) mass is 305 g/mol. The molecule has 2 rings (SSSR count). The smallest absolute Gasteiger partial charge is 0.324 e. The molecule has 0 unspecified atom stereocenters. The fourth-order valence-electron chi connectivity index (χ4n) is 1.62. The molecule has 1 aromatic heterocycles. The van der Waals surface area contributed by atoms with Gasteiger partial charge in [0.2, 0.25) is 5.91 Å². The number of nitrogens with zero attached hydrogens (tertiary/aromatic N) is 1. The van der Waals surface area contributed by atoms with Gasteiger partial charge in [-0.1, -0.05) is 17.4 Å². The van der Waals surface area contributed by atoms with Crippen molar-refractivity contribution in [1.29, 1.82) is 0 Å². The molecule has 0 saturated carbocycles. The summed E-state index contributed by atoms with van der Waals surface area (Å²) in [5.74, 6) is -0.652. The van der Waals surface area contributed by atoms with Crippen LogP contribution in [0.4, 0.5) is 16.4 Å². The molecule has 0 aliphatic carbocycles. The van der Waals surface area contributed by atoms with Gasteiger partial charge in [-0.3, -0.25) is 19.7 Å². The van der Waals surface area contributed by atoms with Crippen LogP contribution in [0.1, 0.15) is 16.6 Å². The molecule has 0 atom stereocenters. The Morgan fingerprint density at radius 1 is 1.14 bits per heavy atom. The molecule has 7 nitrogen and oxygen atoms in total. The average Bonchev–Trinajstić information content (AvgIpc) is 2.88. The molecule has 2 aromatic rings. The fourth-order valence-corrected chi connectivity index (χ4v) is 2.33. The van der Waals surface area contributed by atoms with Crippen LogP contribution >= 0.6 is 11.3 Å². The summed E-state index contributed by atoms with van der Waals surface area (Å²) in [4.78, 5) is 33.2. The largest absolute Gasteiger partial charge is 0.326 e. The summed E-state index contributed by atoms with van der Waals surface area (Å²) in [7, 11) is 0. The van der Waals surface area contributed by atoms with Crippen LogP contribution in [0.15, 0.2) is 36.4 Å². The van der Waals surface area contributed by atoms with Crippen molar-refractivity contribution in [1.82, 2.24) is 0 Å². The first-order chi connectivity index (χ1) is 9.95. The highest BCUT2D eigenvalue weighted by Gasteiger charge is 2.15. The first-order valence-electron chi connectivity index (χ1n) is 5.89. The van der Waals surface area contributed by atoms with E-state index in [2.05, 4.69) is 10.6 Å². The predicted molar refractivity (Wildman–Crippen MR) is 79.7 cm³/mol. The van der Waals surface area contributed by atoms with Crippen molar-refractivity contribution in [2.45, 2.75) is 6.92 Å². The van der Waals surface area contributed by atoms with Gasteiger partial charge >= 0.3 is 5.00 Å². The van der Waals surface area contributed by atoms with Gasteiger partial charge in [0.05, 0.1) is 9.80 Å². The lowest BCUT2D eigenvalue weighted by Crippen LogP contribution is -2.11. The molecule has 0 spiro atoms. The van der Waals surface area contributed by atoms with Crippen molar-refractivity contribution < 1.29 is 14.5 Å². The number of carbonyl (C=O) groups excluding carboxylic acids is 2. The summed E-state index contributed by atoms with van der Waals surface area (Å²) < 4.78 is 0. The van der Waals surface area contributed by atoms with Crippen LogP contribution in [-0.4, -0.2) is 16.7 Å². The quantitative estimate of drug-likeness (QED) is 0.669. The third-order valence-electron chi connectivity index (χ3n) is 2.44. The molecule has 0 aliphatic rings. The number of thiophene rings is 1. The molecule has 0 radical (unpaired) electrons. The lowest BCUT2D eigenvalue weighted by atomic mass is 10.2. The molecule has 1 aromatic carbocycles. The highest BCUT2D eigenvalue weighted by atomic mass is 32.1. The predicted octanol–water partition coefficient (Wildman–Crippen LogP) is 2.87. The van der Waals surface area contributed by atoms with Crippen LogP contribution in [0.3, 0.4) is 0 Å². The van der Waals surface area contributed by atoms with E-state index in [1.165, 1.54) is 19.1 Å². The van der Waals surface area contributed by atoms with E-state index in [-0.39, 0.29) is 15.8 Å². The summed E-state index contributed by atoms with van der Waals surface area (Å²) in [6.45, 7) is 1.38. The third kappa shape index (κ3) is 3.86. The molecule has 0 bridgehead atoms. The Morgan fingerprint density at radius 2 is 1.81 bits per heavy atom. The minimum Gasteiger partial charge on any atom is -0.326 e. The summed E-state index contributed by atoms with van der Waals surface area (Å²) in [5.41, 5.74) is 1.04. The Kier molecular flexibility index (Phi) is 4.29. The normalized spacial score (nSPS) is 9.95. The van der Waals surface area contributed by atoms with E-state index >= 15 is 0 Å². The maximum Gasteiger partial charge on any atom is 0.324 e. The summed E-state index contributed by atoms with van der Waals surface area (Å²) in [6, 6.07) is 9.31. The number of benzene rings is 1. The van der Waals surface area contributed by atoms with Gasteiger partial charge in [0.1, 0.15) is 0 Å². The van der Waals surface area contributed by atoms with Crippen molar-refractivity contribution in [2.24, 2.45) is 0 Å². The maximum atomic E-state index is 12.0. The molecular weight excluding hydrogens is 294 g/mol. The summed E-state index contributed by atoms with van der Waals surface area (Å²) >= 11 is 0.802. The highest BCUT2D eigenvalue weighted by molar-refractivity contribution is 7.17. The van der Waals surface area contributed by atoms with E-state index in [4.69, 9.17) is 0 Å². The molecule has 21 heavy (non-hydrogen) atoms. The number of hydrogen-bond acceptors (Lipinski definition) is 5. The topological polar surface area (TPSA) is 101 Å². The first-order valence-corrected chi connectivity index (χ1v) is 6.70. The zero-order valence-electron chi connectivity index (χ0n) is 11.0. The molecule has 2 amide bonds. The second-order valence-corrected chi connectivity index (χ2v) is 5.17. The summed E-state index contributed by atoms with van der Waals surface area (Å²) in [5, 5.41) is 15.7. The van der Waals surface area contributed by atoms with Crippen LogP contribution in [-0.2, 0) is 4.79 Å². The molecule has 8 heteroatoms. The molecule has 0 aliphatic heterocycles. The van der Waals surface area contributed by atoms with Crippen LogP contribution in [0.25, 0.3) is 0 Å². The molecule has 0 saturated heterocycles. The van der Waals surface area contributed by atoms with E-state index in [1.54, 1.807) is 24.3 Å². The van der Waals surface area contributed by atoms with Gasteiger partial charge in [-0.05, 0) is 24.3 Å². The number of carbonyl (C=O) groups is 2. The van der Waals surface area contributed by atoms with Crippen molar-refractivity contribution >= 4 is 39.5 Å². The Labute approximate surface area is 123 Å². The maximum absolute atomic E-state index is 12.0.